The summed E-state index contributed by atoms with van der Waals surface area (Å²) in [7, 11) is 0. The van der Waals surface area contributed by atoms with E-state index in [1.165, 1.54) is 36.4 Å². The van der Waals surface area contributed by atoms with Crippen LogP contribution in [0.1, 0.15) is 17.2 Å². The van der Waals surface area contributed by atoms with Crippen LogP contribution in [0.5, 0.6) is 5.75 Å². The van der Waals surface area contributed by atoms with Gasteiger partial charge in [-0.15, -0.1) is 0 Å². The molecule has 100 valence electrons. The Kier molecular flexibility index (Phi) is 4.06. The minimum atomic E-state index is -2.93. The van der Waals surface area contributed by atoms with Crippen LogP contribution >= 0.6 is 0 Å². The second-order valence-electron chi connectivity index (χ2n) is 3.91. The molecule has 19 heavy (non-hydrogen) atoms. The number of aliphatic hydroxyl groups excluding tert-OH is 1. The highest BCUT2D eigenvalue weighted by molar-refractivity contribution is 5.35. The first-order chi connectivity index (χ1) is 9.06. The van der Waals surface area contributed by atoms with Crippen molar-refractivity contribution in [2.24, 2.45) is 0 Å². The Labute approximate surface area is 108 Å². The predicted molar refractivity (Wildman–Crippen MR) is 63.5 cm³/mol. The van der Waals surface area contributed by atoms with E-state index in [9.17, 15) is 18.3 Å². The third-order valence-corrected chi connectivity index (χ3v) is 2.56. The van der Waals surface area contributed by atoms with Crippen molar-refractivity contribution < 1.29 is 23.0 Å². The summed E-state index contributed by atoms with van der Waals surface area (Å²) in [6, 6.07) is 11.1. The van der Waals surface area contributed by atoms with Gasteiger partial charge in [-0.1, -0.05) is 24.3 Å². The van der Waals surface area contributed by atoms with Crippen molar-refractivity contribution >= 4 is 0 Å². The first-order valence-corrected chi connectivity index (χ1v) is 5.54. The van der Waals surface area contributed by atoms with Crippen molar-refractivity contribution in [2.75, 3.05) is 0 Å². The van der Waals surface area contributed by atoms with Gasteiger partial charge in [0.2, 0.25) is 0 Å². The summed E-state index contributed by atoms with van der Waals surface area (Å²) < 4.78 is 41.5. The van der Waals surface area contributed by atoms with E-state index in [1.54, 1.807) is 12.1 Å². The van der Waals surface area contributed by atoms with Gasteiger partial charge in [0.15, 0.2) is 0 Å². The molecule has 1 unspecified atom stereocenters. The largest absolute Gasteiger partial charge is 0.435 e. The maximum absolute atomic E-state index is 13.1. The van der Waals surface area contributed by atoms with E-state index in [-0.39, 0.29) is 5.75 Å². The Bertz CT molecular complexity index is 558. The Balaban J connectivity index is 2.26. The molecule has 2 rings (SSSR count). The highest BCUT2D eigenvalue weighted by Gasteiger charge is 2.13. The molecule has 0 aromatic heterocycles. The minimum Gasteiger partial charge on any atom is -0.435 e. The van der Waals surface area contributed by atoms with E-state index < -0.39 is 18.5 Å². The van der Waals surface area contributed by atoms with Crippen molar-refractivity contribution in [3.63, 3.8) is 0 Å². The lowest BCUT2D eigenvalue weighted by Crippen LogP contribution is -2.04. The molecule has 0 aliphatic rings. The second-order valence-corrected chi connectivity index (χ2v) is 3.91. The molecule has 1 N–H and O–H groups in total. The number of benzene rings is 2. The highest BCUT2D eigenvalue weighted by Crippen LogP contribution is 2.26. The van der Waals surface area contributed by atoms with Crippen LogP contribution in [-0.4, -0.2) is 11.7 Å². The third-order valence-electron chi connectivity index (χ3n) is 2.56. The maximum Gasteiger partial charge on any atom is 0.387 e. The van der Waals surface area contributed by atoms with E-state index in [0.29, 0.717) is 11.1 Å². The molecule has 0 aliphatic heterocycles. The van der Waals surface area contributed by atoms with Gasteiger partial charge >= 0.3 is 6.61 Å². The number of hydrogen-bond donors (Lipinski definition) is 1. The fourth-order valence-electron chi connectivity index (χ4n) is 1.73. The molecule has 0 fully saturated rings. The molecule has 2 aromatic carbocycles. The van der Waals surface area contributed by atoms with Gasteiger partial charge in [-0.25, -0.2) is 4.39 Å². The Morgan fingerprint density at radius 3 is 2.21 bits per heavy atom. The van der Waals surface area contributed by atoms with Gasteiger partial charge in [0, 0.05) is 0 Å². The summed E-state index contributed by atoms with van der Waals surface area (Å²) in [5.41, 5.74) is 0.693. The monoisotopic (exact) mass is 268 g/mol. The average molecular weight is 268 g/mol. The van der Waals surface area contributed by atoms with Crippen molar-refractivity contribution in [1.29, 1.82) is 0 Å². The topological polar surface area (TPSA) is 29.5 Å². The standard InChI is InChI=1S/C14H11F3O2/c15-11-5-1-3-9(7-11)13(18)10-4-2-6-12(8-10)19-14(16)17/h1-8,13-14,18H. The quantitative estimate of drug-likeness (QED) is 0.919. The van der Waals surface area contributed by atoms with E-state index >= 15 is 0 Å². The van der Waals surface area contributed by atoms with Gasteiger partial charge in [-0.2, -0.15) is 8.78 Å². The molecule has 2 nitrogen and oxygen atoms in total. The molecule has 0 heterocycles. The van der Waals surface area contributed by atoms with Crippen LogP contribution in [0.25, 0.3) is 0 Å². The normalized spacial score (nSPS) is 12.5. The molecule has 0 saturated heterocycles. The summed E-state index contributed by atoms with van der Waals surface area (Å²) in [6.07, 6.45) is -1.10. The van der Waals surface area contributed by atoms with Gasteiger partial charge in [0.1, 0.15) is 17.7 Å². The second kappa shape index (κ2) is 5.75. The average Bonchev–Trinajstić information content (AvgIpc) is 2.37. The third kappa shape index (κ3) is 3.48. The lowest BCUT2D eigenvalue weighted by molar-refractivity contribution is -0.0499. The summed E-state index contributed by atoms with van der Waals surface area (Å²) in [5, 5.41) is 10.1. The lowest BCUT2D eigenvalue weighted by atomic mass is 10.0. The Morgan fingerprint density at radius 1 is 0.947 bits per heavy atom. The molecule has 0 spiro atoms. The van der Waals surface area contributed by atoms with Crippen molar-refractivity contribution in [2.45, 2.75) is 12.7 Å². The zero-order valence-corrected chi connectivity index (χ0v) is 9.76. The molecule has 5 heteroatoms. The number of aliphatic hydroxyl groups is 1. The number of alkyl halides is 2. The summed E-state index contributed by atoms with van der Waals surface area (Å²) in [6.45, 7) is -2.93. The molecule has 2 aromatic rings. The van der Waals surface area contributed by atoms with Gasteiger partial charge < -0.3 is 9.84 Å². The Morgan fingerprint density at radius 2 is 1.58 bits per heavy atom. The van der Waals surface area contributed by atoms with Crippen molar-refractivity contribution in [3.05, 3.63) is 65.5 Å². The van der Waals surface area contributed by atoms with E-state index in [1.807, 2.05) is 0 Å². The van der Waals surface area contributed by atoms with Crippen LogP contribution in [0, 0.1) is 5.82 Å². The molecule has 0 aliphatic carbocycles. The number of halogens is 3. The molecule has 1 atom stereocenters. The maximum atomic E-state index is 13.1. The number of hydrogen-bond acceptors (Lipinski definition) is 2. The van der Waals surface area contributed by atoms with Crippen molar-refractivity contribution in [1.82, 2.24) is 0 Å². The number of rotatable bonds is 4. The zero-order valence-electron chi connectivity index (χ0n) is 9.76. The fourth-order valence-corrected chi connectivity index (χ4v) is 1.73. The van der Waals surface area contributed by atoms with E-state index in [2.05, 4.69) is 4.74 Å². The lowest BCUT2D eigenvalue weighted by Gasteiger charge is -2.13. The van der Waals surface area contributed by atoms with Gasteiger partial charge in [0.25, 0.3) is 0 Å². The van der Waals surface area contributed by atoms with Crippen LogP contribution < -0.4 is 4.74 Å². The van der Waals surface area contributed by atoms with E-state index in [4.69, 9.17) is 0 Å². The molecular formula is C14H11F3O2. The minimum absolute atomic E-state index is 0.0528. The molecule has 0 saturated carbocycles. The van der Waals surface area contributed by atoms with Crippen molar-refractivity contribution in [3.8, 4) is 5.75 Å². The van der Waals surface area contributed by atoms with Gasteiger partial charge in [-0.05, 0) is 35.4 Å². The molecular weight excluding hydrogens is 257 g/mol. The van der Waals surface area contributed by atoms with Crippen LogP contribution in [0.2, 0.25) is 0 Å². The first-order valence-electron chi connectivity index (χ1n) is 5.54. The summed E-state index contributed by atoms with van der Waals surface area (Å²) in [5.74, 6) is -0.528. The van der Waals surface area contributed by atoms with Crippen LogP contribution in [0.4, 0.5) is 13.2 Å². The van der Waals surface area contributed by atoms with Gasteiger partial charge in [0.05, 0.1) is 0 Å². The zero-order chi connectivity index (χ0) is 13.8. The molecule has 0 radical (unpaired) electrons. The van der Waals surface area contributed by atoms with Crippen LogP contribution in [-0.2, 0) is 0 Å². The summed E-state index contributed by atoms with van der Waals surface area (Å²) >= 11 is 0. The van der Waals surface area contributed by atoms with E-state index in [0.717, 1.165) is 0 Å². The SMILES string of the molecule is OC(c1cccc(F)c1)c1cccc(OC(F)F)c1. The van der Waals surface area contributed by atoms with Gasteiger partial charge in [-0.3, -0.25) is 0 Å². The smallest absolute Gasteiger partial charge is 0.387 e. The predicted octanol–water partition coefficient (Wildman–Crippen LogP) is 3.51. The van der Waals surface area contributed by atoms with Crippen LogP contribution in [0.3, 0.4) is 0 Å². The number of ether oxygens (including phenoxy) is 1. The Hall–Kier alpha value is -2.01. The van der Waals surface area contributed by atoms with Crippen LogP contribution in [0.15, 0.2) is 48.5 Å². The first kappa shape index (κ1) is 13.4. The molecule has 0 bridgehead atoms. The fraction of sp³-hybridized carbons (Fsp3) is 0.143. The highest BCUT2D eigenvalue weighted by atomic mass is 19.3. The molecule has 0 amide bonds. The summed E-state index contributed by atoms with van der Waals surface area (Å²) in [4.78, 5) is 0.